The fourth-order valence-electron chi connectivity index (χ4n) is 2.10. The molecule has 0 bridgehead atoms. The molecule has 2 rings (SSSR count). The molecule has 1 aromatic heterocycles. The molecular formula is C15H20BrN3. The Hall–Kier alpha value is -1.13. The average molecular weight is 322 g/mol. The largest absolute Gasteiger partial charge is 0.310 e. The second-order valence-corrected chi connectivity index (χ2v) is 5.70. The predicted molar refractivity (Wildman–Crippen MR) is 82.7 cm³/mol. The van der Waals surface area contributed by atoms with Gasteiger partial charge < -0.3 is 5.32 Å². The molecule has 1 heterocycles. The van der Waals surface area contributed by atoms with Crippen molar-refractivity contribution < 1.29 is 0 Å². The fraction of sp³-hybridized carbons (Fsp3) is 0.400. The maximum absolute atomic E-state index is 4.51. The highest BCUT2D eigenvalue weighted by molar-refractivity contribution is 9.10. The number of benzene rings is 1. The van der Waals surface area contributed by atoms with E-state index in [4.69, 9.17) is 0 Å². The van der Waals surface area contributed by atoms with Gasteiger partial charge in [0, 0.05) is 16.7 Å². The third kappa shape index (κ3) is 3.45. The van der Waals surface area contributed by atoms with Crippen LogP contribution in [0.3, 0.4) is 0 Å². The van der Waals surface area contributed by atoms with Crippen LogP contribution in [0.25, 0.3) is 5.69 Å². The number of aryl methyl sites for hydroxylation is 1. The van der Waals surface area contributed by atoms with Crippen LogP contribution < -0.4 is 5.32 Å². The summed E-state index contributed by atoms with van der Waals surface area (Å²) in [6.07, 6.45) is 3.14. The van der Waals surface area contributed by atoms with Gasteiger partial charge in [0.25, 0.3) is 0 Å². The molecule has 1 atom stereocenters. The predicted octanol–water partition coefficient (Wildman–Crippen LogP) is 4.00. The van der Waals surface area contributed by atoms with Crippen LogP contribution in [-0.4, -0.2) is 16.3 Å². The van der Waals surface area contributed by atoms with Crippen LogP contribution in [0.1, 0.15) is 37.6 Å². The molecule has 0 spiro atoms. The average Bonchev–Trinajstić information content (AvgIpc) is 2.82. The molecule has 1 aromatic carbocycles. The minimum absolute atomic E-state index is 0.303. The zero-order chi connectivity index (χ0) is 13.8. The van der Waals surface area contributed by atoms with Crippen LogP contribution in [-0.2, 0) is 0 Å². The number of nitrogens with zero attached hydrogens (tertiary/aromatic N) is 2. The number of rotatable bonds is 5. The highest BCUT2D eigenvalue weighted by Crippen LogP contribution is 2.25. The monoisotopic (exact) mass is 321 g/mol. The first-order valence-electron chi connectivity index (χ1n) is 6.67. The Balaban J connectivity index is 2.37. The first-order valence-corrected chi connectivity index (χ1v) is 7.46. The van der Waals surface area contributed by atoms with Gasteiger partial charge in [-0.25, -0.2) is 4.68 Å². The zero-order valence-corrected chi connectivity index (χ0v) is 13.2. The molecule has 19 heavy (non-hydrogen) atoms. The van der Waals surface area contributed by atoms with Crippen molar-refractivity contribution in [1.29, 1.82) is 0 Å². The standard InChI is InChI=1S/C15H20BrN3/c1-4-8-17-12(3)14-10-13(16)5-6-15(14)19-9-7-11(2)18-19/h5-7,9-10,12,17H,4,8H2,1-3H3. The highest BCUT2D eigenvalue weighted by Gasteiger charge is 2.12. The highest BCUT2D eigenvalue weighted by atomic mass is 79.9. The zero-order valence-electron chi connectivity index (χ0n) is 11.7. The molecule has 3 nitrogen and oxygen atoms in total. The fourth-order valence-corrected chi connectivity index (χ4v) is 2.48. The molecule has 2 aromatic rings. The van der Waals surface area contributed by atoms with Gasteiger partial charge in [-0.3, -0.25) is 0 Å². The lowest BCUT2D eigenvalue weighted by molar-refractivity contribution is 0.566. The van der Waals surface area contributed by atoms with Gasteiger partial charge in [-0.1, -0.05) is 22.9 Å². The van der Waals surface area contributed by atoms with Crippen molar-refractivity contribution in [1.82, 2.24) is 15.1 Å². The molecule has 1 N–H and O–H groups in total. The van der Waals surface area contributed by atoms with Crippen LogP contribution in [0.15, 0.2) is 34.9 Å². The van der Waals surface area contributed by atoms with Crippen molar-refractivity contribution in [2.75, 3.05) is 6.54 Å². The third-order valence-electron chi connectivity index (χ3n) is 3.13. The normalized spacial score (nSPS) is 12.6. The minimum atomic E-state index is 0.303. The molecule has 0 aliphatic carbocycles. The van der Waals surface area contributed by atoms with Gasteiger partial charge in [0.2, 0.25) is 0 Å². The maximum Gasteiger partial charge on any atom is 0.0694 e. The summed E-state index contributed by atoms with van der Waals surface area (Å²) in [5.41, 5.74) is 3.42. The van der Waals surface area contributed by atoms with Crippen molar-refractivity contribution in [2.45, 2.75) is 33.2 Å². The Morgan fingerprint density at radius 3 is 2.79 bits per heavy atom. The summed E-state index contributed by atoms with van der Waals surface area (Å²) in [6, 6.07) is 8.66. The van der Waals surface area contributed by atoms with Crippen LogP contribution in [0.5, 0.6) is 0 Å². The van der Waals surface area contributed by atoms with Crippen LogP contribution in [0.2, 0.25) is 0 Å². The maximum atomic E-state index is 4.51. The van der Waals surface area contributed by atoms with Gasteiger partial charge in [0.15, 0.2) is 0 Å². The van der Waals surface area contributed by atoms with E-state index < -0.39 is 0 Å². The van der Waals surface area contributed by atoms with E-state index in [2.05, 4.69) is 58.4 Å². The number of nitrogens with one attached hydrogen (secondary N) is 1. The topological polar surface area (TPSA) is 29.9 Å². The first-order chi connectivity index (χ1) is 9.11. The lowest BCUT2D eigenvalue weighted by Gasteiger charge is -2.18. The minimum Gasteiger partial charge on any atom is -0.310 e. The summed E-state index contributed by atoms with van der Waals surface area (Å²) in [7, 11) is 0. The van der Waals surface area contributed by atoms with E-state index >= 15 is 0 Å². The Labute approximate surface area is 123 Å². The summed E-state index contributed by atoms with van der Waals surface area (Å²) in [5.74, 6) is 0. The van der Waals surface area contributed by atoms with E-state index in [9.17, 15) is 0 Å². The molecule has 0 fully saturated rings. The van der Waals surface area contributed by atoms with Crippen molar-refractivity contribution >= 4 is 15.9 Å². The smallest absolute Gasteiger partial charge is 0.0694 e. The van der Waals surface area contributed by atoms with Gasteiger partial charge >= 0.3 is 0 Å². The van der Waals surface area contributed by atoms with E-state index in [0.717, 1.165) is 28.8 Å². The van der Waals surface area contributed by atoms with Gasteiger partial charge in [-0.15, -0.1) is 0 Å². The van der Waals surface area contributed by atoms with Crippen LogP contribution in [0.4, 0.5) is 0 Å². The summed E-state index contributed by atoms with van der Waals surface area (Å²) in [5, 5.41) is 8.04. The molecular weight excluding hydrogens is 302 g/mol. The summed E-state index contributed by atoms with van der Waals surface area (Å²) in [6.45, 7) is 7.40. The van der Waals surface area contributed by atoms with E-state index in [1.165, 1.54) is 5.56 Å². The number of hydrogen-bond acceptors (Lipinski definition) is 2. The molecule has 0 aliphatic heterocycles. The van der Waals surface area contributed by atoms with Gasteiger partial charge in [-0.2, -0.15) is 5.10 Å². The molecule has 102 valence electrons. The van der Waals surface area contributed by atoms with E-state index in [-0.39, 0.29) is 0 Å². The molecule has 0 radical (unpaired) electrons. The number of aromatic nitrogens is 2. The lowest BCUT2D eigenvalue weighted by Crippen LogP contribution is -2.21. The lowest BCUT2D eigenvalue weighted by atomic mass is 10.1. The Kier molecular flexibility index (Phi) is 4.77. The number of hydrogen-bond donors (Lipinski definition) is 1. The summed E-state index contributed by atoms with van der Waals surface area (Å²) < 4.78 is 3.04. The molecule has 0 saturated heterocycles. The molecule has 0 saturated carbocycles. The Bertz CT molecular complexity index is 548. The number of halogens is 1. The first kappa shape index (κ1) is 14.3. The molecule has 0 aliphatic rings. The quantitative estimate of drug-likeness (QED) is 0.901. The van der Waals surface area contributed by atoms with E-state index in [1.807, 2.05) is 23.9 Å². The van der Waals surface area contributed by atoms with E-state index in [1.54, 1.807) is 0 Å². The second kappa shape index (κ2) is 6.35. The third-order valence-corrected chi connectivity index (χ3v) is 3.62. The van der Waals surface area contributed by atoms with Gasteiger partial charge in [-0.05, 0) is 56.6 Å². The Morgan fingerprint density at radius 2 is 2.16 bits per heavy atom. The molecule has 1 unspecified atom stereocenters. The van der Waals surface area contributed by atoms with Gasteiger partial charge in [0.1, 0.15) is 0 Å². The summed E-state index contributed by atoms with van der Waals surface area (Å²) in [4.78, 5) is 0. The van der Waals surface area contributed by atoms with Crippen LogP contribution in [0, 0.1) is 6.92 Å². The second-order valence-electron chi connectivity index (χ2n) is 4.78. The molecule has 4 heteroatoms. The van der Waals surface area contributed by atoms with Crippen LogP contribution >= 0.6 is 15.9 Å². The van der Waals surface area contributed by atoms with Crippen molar-refractivity contribution in [2.24, 2.45) is 0 Å². The molecule has 0 amide bonds. The summed E-state index contributed by atoms with van der Waals surface area (Å²) >= 11 is 3.55. The van der Waals surface area contributed by atoms with Crippen molar-refractivity contribution in [3.63, 3.8) is 0 Å². The van der Waals surface area contributed by atoms with Crippen molar-refractivity contribution in [3.05, 3.63) is 46.2 Å². The Morgan fingerprint density at radius 1 is 1.37 bits per heavy atom. The SMILES string of the molecule is CCCNC(C)c1cc(Br)ccc1-n1ccc(C)n1. The van der Waals surface area contributed by atoms with Crippen molar-refractivity contribution in [3.8, 4) is 5.69 Å². The van der Waals surface area contributed by atoms with Gasteiger partial charge in [0.05, 0.1) is 11.4 Å². The van der Waals surface area contributed by atoms with E-state index in [0.29, 0.717) is 6.04 Å².